The highest BCUT2D eigenvalue weighted by molar-refractivity contribution is 14.1. The molecule has 6 N–H and O–H groups in total. The summed E-state index contributed by atoms with van der Waals surface area (Å²) in [4.78, 5) is 37.3. The van der Waals surface area contributed by atoms with Crippen LogP contribution in [0.25, 0.3) is 0 Å². The van der Waals surface area contributed by atoms with Gasteiger partial charge in [0.05, 0.1) is 29.5 Å². The molecule has 1 aromatic carbocycles. The Morgan fingerprint density at radius 3 is 2.24 bits per heavy atom. The maximum Gasteiger partial charge on any atom is 0.335 e. The first-order valence-electron chi connectivity index (χ1n) is 8.16. The number of nitrogens with one attached hydrogen (secondary N) is 2. The van der Waals surface area contributed by atoms with Gasteiger partial charge in [-0.2, -0.15) is 0 Å². The minimum absolute atomic E-state index is 0.109. The van der Waals surface area contributed by atoms with E-state index in [9.17, 15) is 29.7 Å². The number of benzene rings is 1. The van der Waals surface area contributed by atoms with Crippen LogP contribution >= 0.6 is 68.0 Å². The fourth-order valence-corrected chi connectivity index (χ4v) is 6.35. The standard InChI is InChI=1S/C16H20I3N3O7/c17-13(27)16(15(18,29)9-24,21-11(25)7-4-8-23)22(19)14(28)20-12(26)10-5-2-1-3-6-10/h1-3,5-6,13,23-24,27,29H,4,7-9H2,(H,21,25)(H,20,26,28). The number of halogens is 3. The molecule has 0 bridgehead atoms. The maximum absolute atomic E-state index is 12.7. The normalized spacial score (nSPS) is 16.1. The van der Waals surface area contributed by atoms with E-state index in [4.69, 9.17) is 5.11 Å². The third-order valence-corrected chi connectivity index (χ3v) is 7.04. The van der Waals surface area contributed by atoms with Gasteiger partial charge in [-0.05, 0) is 63.7 Å². The number of aliphatic hydroxyl groups excluding tert-OH is 3. The second kappa shape index (κ2) is 11.9. The number of carbonyl (C=O) groups is 3. The van der Waals surface area contributed by atoms with Crippen LogP contribution in [0.2, 0.25) is 0 Å². The predicted molar refractivity (Wildman–Crippen MR) is 128 cm³/mol. The van der Waals surface area contributed by atoms with Gasteiger partial charge in [-0.15, -0.1) is 0 Å². The molecule has 10 nitrogen and oxygen atoms in total. The first-order chi connectivity index (χ1) is 13.5. The van der Waals surface area contributed by atoms with Crippen molar-refractivity contribution in [2.45, 2.75) is 26.2 Å². The van der Waals surface area contributed by atoms with E-state index < -0.39 is 37.8 Å². The Bertz CT molecular complexity index is 721. The molecule has 0 aliphatic heterocycles. The second-order valence-corrected chi connectivity index (χ2v) is 9.73. The summed E-state index contributed by atoms with van der Waals surface area (Å²) >= 11 is 4.31. The number of aliphatic hydroxyl groups is 4. The van der Waals surface area contributed by atoms with Crippen molar-refractivity contribution in [1.29, 1.82) is 0 Å². The number of hydrogen-bond acceptors (Lipinski definition) is 7. The van der Waals surface area contributed by atoms with E-state index in [1.165, 1.54) is 80.2 Å². The van der Waals surface area contributed by atoms with E-state index in [0.717, 1.165) is 3.11 Å². The Morgan fingerprint density at radius 2 is 1.76 bits per heavy atom. The first kappa shape index (κ1) is 26.7. The van der Waals surface area contributed by atoms with Crippen LogP contribution < -0.4 is 10.6 Å². The Balaban J connectivity index is 3.23. The van der Waals surface area contributed by atoms with Gasteiger partial charge in [0.25, 0.3) is 5.91 Å². The monoisotopic (exact) mass is 747 g/mol. The lowest BCUT2D eigenvalue weighted by molar-refractivity contribution is -0.132. The molecule has 0 spiro atoms. The van der Waals surface area contributed by atoms with E-state index >= 15 is 0 Å². The summed E-state index contributed by atoms with van der Waals surface area (Å²) in [7, 11) is 0. The Labute approximate surface area is 208 Å². The first-order valence-corrected chi connectivity index (χ1v) is 11.4. The summed E-state index contributed by atoms with van der Waals surface area (Å²) in [6, 6.07) is 6.84. The zero-order chi connectivity index (χ0) is 22.2. The quantitative estimate of drug-likeness (QED) is 0.0938. The fourth-order valence-electron chi connectivity index (χ4n) is 2.23. The number of amides is 4. The highest BCUT2D eigenvalue weighted by Crippen LogP contribution is 2.40. The number of urea groups is 1. The average Bonchev–Trinajstić information content (AvgIpc) is 2.69. The van der Waals surface area contributed by atoms with Crippen LogP contribution in [0.3, 0.4) is 0 Å². The molecule has 0 saturated heterocycles. The minimum atomic E-state index is -2.23. The summed E-state index contributed by atoms with van der Waals surface area (Å²) in [5.74, 6) is -1.43. The Hall–Kier alpha value is -0.340. The SMILES string of the molecule is O=C(CCCO)NC(C(O)I)(N(I)C(=O)NC(=O)c1ccccc1)C(O)(I)CO. The zero-order valence-electron chi connectivity index (χ0n) is 14.9. The molecular weight excluding hydrogens is 727 g/mol. The molecule has 3 atom stereocenters. The summed E-state index contributed by atoms with van der Waals surface area (Å²) < 4.78 is -3.10. The molecule has 0 radical (unpaired) electrons. The molecular formula is C16H20I3N3O7. The summed E-state index contributed by atoms with van der Waals surface area (Å²) in [5.41, 5.74) is -2.01. The lowest BCUT2D eigenvalue weighted by Gasteiger charge is -2.48. The molecule has 0 fully saturated rings. The largest absolute Gasteiger partial charge is 0.396 e. The molecule has 13 heteroatoms. The third-order valence-electron chi connectivity index (χ3n) is 3.77. The van der Waals surface area contributed by atoms with E-state index in [-0.39, 0.29) is 25.0 Å². The van der Waals surface area contributed by atoms with Crippen molar-refractivity contribution in [1.82, 2.24) is 13.7 Å². The number of hydrogen-bond donors (Lipinski definition) is 6. The maximum atomic E-state index is 12.7. The van der Waals surface area contributed by atoms with E-state index in [1.807, 2.05) is 0 Å². The summed E-state index contributed by atoms with van der Waals surface area (Å²) in [5, 5.41) is 44.2. The van der Waals surface area contributed by atoms with Crippen LogP contribution in [-0.2, 0) is 4.79 Å². The van der Waals surface area contributed by atoms with Crippen molar-refractivity contribution in [2.24, 2.45) is 0 Å². The van der Waals surface area contributed by atoms with Crippen LogP contribution in [0, 0.1) is 0 Å². The van der Waals surface area contributed by atoms with E-state index in [1.54, 1.807) is 18.2 Å². The van der Waals surface area contributed by atoms with Gasteiger partial charge >= 0.3 is 6.03 Å². The summed E-state index contributed by atoms with van der Waals surface area (Å²) in [6.07, 6.45) is -0.0488. The van der Waals surface area contributed by atoms with Crippen molar-refractivity contribution < 1.29 is 34.8 Å². The van der Waals surface area contributed by atoms with E-state index in [0.29, 0.717) is 0 Å². The molecule has 162 valence electrons. The lowest BCUT2D eigenvalue weighted by Crippen LogP contribution is -2.75. The van der Waals surface area contributed by atoms with Crippen LogP contribution in [0.5, 0.6) is 0 Å². The smallest absolute Gasteiger partial charge is 0.335 e. The molecule has 3 unspecified atom stereocenters. The van der Waals surface area contributed by atoms with Gasteiger partial charge in [-0.3, -0.25) is 14.9 Å². The van der Waals surface area contributed by atoms with Gasteiger partial charge in [-0.25, -0.2) is 7.91 Å². The van der Waals surface area contributed by atoms with Crippen molar-refractivity contribution in [3.63, 3.8) is 0 Å². The fraction of sp³-hybridized carbons (Fsp3) is 0.438. The number of rotatable bonds is 9. The van der Waals surface area contributed by atoms with Crippen molar-refractivity contribution in [2.75, 3.05) is 13.2 Å². The minimum Gasteiger partial charge on any atom is -0.396 e. The van der Waals surface area contributed by atoms with Crippen molar-refractivity contribution >= 4 is 85.9 Å². The van der Waals surface area contributed by atoms with E-state index in [2.05, 4.69) is 10.6 Å². The molecule has 0 heterocycles. The van der Waals surface area contributed by atoms with Crippen LogP contribution in [0.4, 0.5) is 4.79 Å². The lowest BCUT2D eigenvalue weighted by atomic mass is 10.0. The topological polar surface area (TPSA) is 159 Å². The van der Waals surface area contributed by atoms with Gasteiger partial charge in [0.2, 0.25) is 11.6 Å². The summed E-state index contributed by atoms with van der Waals surface area (Å²) in [6.45, 7) is -1.20. The molecule has 1 rings (SSSR count). The molecule has 0 aromatic heterocycles. The molecule has 29 heavy (non-hydrogen) atoms. The molecule has 0 aliphatic rings. The third kappa shape index (κ3) is 6.57. The zero-order valence-corrected chi connectivity index (χ0v) is 21.4. The molecule has 0 saturated carbocycles. The number of carbonyl (C=O) groups excluding carboxylic acids is 3. The Morgan fingerprint density at radius 1 is 1.17 bits per heavy atom. The van der Waals surface area contributed by atoms with Gasteiger partial charge < -0.3 is 25.7 Å². The van der Waals surface area contributed by atoms with Crippen molar-refractivity contribution in [3.05, 3.63) is 35.9 Å². The van der Waals surface area contributed by atoms with Gasteiger partial charge in [0.15, 0.2) is 7.72 Å². The van der Waals surface area contributed by atoms with Crippen molar-refractivity contribution in [3.8, 4) is 0 Å². The highest BCUT2D eigenvalue weighted by atomic mass is 127. The average molecular weight is 747 g/mol. The second-order valence-electron chi connectivity index (χ2n) is 5.80. The van der Waals surface area contributed by atoms with Crippen LogP contribution in [-0.4, -0.2) is 68.0 Å². The number of nitrogens with zero attached hydrogens (tertiary/aromatic N) is 1. The number of imide groups is 1. The van der Waals surface area contributed by atoms with Gasteiger partial charge in [0.1, 0.15) is 0 Å². The molecule has 1 aromatic rings. The van der Waals surface area contributed by atoms with Crippen LogP contribution in [0.1, 0.15) is 23.2 Å². The highest BCUT2D eigenvalue weighted by Gasteiger charge is 2.60. The molecule has 4 amide bonds. The predicted octanol–water partition coefficient (Wildman–Crippen LogP) is 0.643. The van der Waals surface area contributed by atoms with Gasteiger partial charge in [-0.1, -0.05) is 18.2 Å². The molecule has 0 aliphatic carbocycles. The Kier molecular flexibility index (Phi) is 10.9. The van der Waals surface area contributed by atoms with Gasteiger partial charge in [0, 0.05) is 18.6 Å². The van der Waals surface area contributed by atoms with Crippen LogP contribution in [0.15, 0.2) is 30.3 Å². The number of alkyl halides is 2.